The molecule has 3 rings (SSSR count). The van der Waals surface area contributed by atoms with Gasteiger partial charge in [0.05, 0.1) is 5.39 Å². The predicted molar refractivity (Wildman–Crippen MR) is 74.0 cm³/mol. The lowest BCUT2D eigenvalue weighted by Gasteiger charge is -2.36. The number of nitrogens with zero attached hydrogens (tertiary/aromatic N) is 4. The van der Waals surface area contributed by atoms with Gasteiger partial charge in [-0.05, 0) is 37.8 Å². The van der Waals surface area contributed by atoms with Crippen LogP contribution in [0.5, 0.6) is 0 Å². The number of rotatable bonds is 3. The highest BCUT2D eigenvalue weighted by molar-refractivity contribution is 5.86. The molecule has 1 aliphatic heterocycles. The molecule has 0 amide bonds. The molecule has 100 valence electrons. The molecule has 1 unspecified atom stereocenters. The molecule has 0 saturated carbocycles. The lowest BCUT2D eigenvalue weighted by atomic mass is 9.99. The zero-order valence-electron chi connectivity index (χ0n) is 10.9. The zero-order chi connectivity index (χ0) is 13.1. The minimum absolute atomic E-state index is 0.225. The number of hydrogen-bond donors (Lipinski definition) is 1. The van der Waals surface area contributed by atoms with E-state index in [9.17, 15) is 5.11 Å². The predicted octanol–water partition coefficient (Wildman–Crippen LogP) is 1.77. The highest BCUT2D eigenvalue weighted by atomic mass is 16.3. The van der Waals surface area contributed by atoms with Crippen LogP contribution in [0, 0.1) is 0 Å². The molecule has 0 aromatic carbocycles. The first-order chi connectivity index (χ1) is 9.40. The lowest BCUT2D eigenvalue weighted by molar-refractivity contribution is 0.262. The Morgan fingerprint density at radius 1 is 1.26 bits per heavy atom. The minimum atomic E-state index is 0.225. The summed E-state index contributed by atoms with van der Waals surface area (Å²) in [6, 6.07) is 4.31. The van der Waals surface area contributed by atoms with E-state index in [0.29, 0.717) is 6.04 Å². The molecule has 1 N–H and O–H groups in total. The van der Waals surface area contributed by atoms with Gasteiger partial charge < -0.3 is 10.0 Å². The first kappa shape index (κ1) is 12.3. The van der Waals surface area contributed by atoms with Crippen molar-refractivity contribution in [3.63, 3.8) is 0 Å². The van der Waals surface area contributed by atoms with E-state index in [2.05, 4.69) is 19.9 Å². The van der Waals surface area contributed by atoms with Gasteiger partial charge in [0.15, 0.2) is 5.65 Å². The van der Waals surface area contributed by atoms with Gasteiger partial charge in [0.2, 0.25) is 0 Å². The smallest absolute Gasteiger partial charge is 0.164 e. The fraction of sp³-hybridized carbons (Fsp3) is 0.500. The normalized spacial score (nSPS) is 19.8. The molecular formula is C14H18N4O. The number of piperidine rings is 1. The third-order valence-electron chi connectivity index (χ3n) is 3.75. The van der Waals surface area contributed by atoms with Crippen molar-refractivity contribution in [2.24, 2.45) is 0 Å². The summed E-state index contributed by atoms with van der Waals surface area (Å²) in [5.41, 5.74) is 0.737. The van der Waals surface area contributed by atoms with Crippen LogP contribution in [-0.4, -0.2) is 39.3 Å². The van der Waals surface area contributed by atoms with Gasteiger partial charge >= 0.3 is 0 Å². The van der Waals surface area contributed by atoms with E-state index in [1.165, 1.54) is 12.8 Å². The molecule has 5 nitrogen and oxygen atoms in total. The Bertz CT molecular complexity index is 553. The van der Waals surface area contributed by atoms with Crippen molar-refractivity contribution in [3.8, 4) is 0 Å². The van der Waals surface area contributed by atoms with Crippen LogP contribution in [0.1, 0.15) is 25.7 Å². The van der Waals surface area contributed by atoms with Crippen molar-refractivity contribution in [1.82, 2.24) is 15.0 Å². The van der Waals surface area contributed by atoms with Crippen LogP contribution in [0.2, 0.25) is 0 Å². The Balaban J connectivity index is 2.02. The second-order valence-corrected chi connectivity index (χ2v) is 4.93. The summed E-state index contributed by atoms with van der Waals surface area (Å²) in [5, 5.41) is 10.2. The quantitative estimate of drug-likeness (QED) is 0.909. The molecule has 19 heavy (non-hydrogen) atoms. The molecule has 1 atom stereocenters. The maximum absolute atomic E-state index is 9.22. The van der Waals surface area contributed by atoms with E-state index in [4.69, 9.17) is 0 Å². The van der Waals surface area contributed by atoms with E-state index >= 15 is 0 Å². The topological polar surface area (TPSA) is 62.1 Å². The molecule has 0 spiro atoms. The molecule has 3 heterocycles. The Labute approximate surface area is 112 Å². The van der Waals surface area contributed by atoms with Gasteiger partial charge in [-0.2, -0.15) is 0 Å². The Hall–Kier alpha value is -1.75. The van der Waals surface area contributed by atoms with Gasteiger partial charge in [0, 0.05) is 25.4 Å². The molecule has 0 bridgehead atoms. The Morgan fingerprint density at radius 3 is 3.11 bits per heavy atom. The SMILES string of the molecule is OCCC1CCCCN1c1ncnc2ncccc12. The summed E-state index contributed by atoms with van der Waals surface area (Å²) in [7, 11) is 0. The largest absolute Gasteiger partial charge is 0.396 e. The van der Waals surface area contributed by atoms with Gasteiger partial charge in [-0.15, -0.1) is 0 Å². The first-order valence-corrected chi connectivity index (χ1v) is 6.83. The number of anilines is 1. The third kappa shape index (κ3) is 2.38. The van der Waals surface area contributed by atoms with E-state index in [-0.39, 0.29) is 6.61 Å². The van der Waals surface area contributed by atoms with Gasteiger partial charge in [-0.3, -0.25) is 0 Å². The molecule has 2 aromatic heterocycles. The van der Waals surface area contributed by atoms with Crippen molar-refractivity contribution in [3.05, 3.63) is 24.7 Å². The second-order valence-electron chi connectivity index (χ2n) is 4.93. The highest BCUT2D eigenvalue weighted by Crippen LogP contribution is 2.29. The number of aromatic nitrogens is 3. The average Bonchev–Trinajstić information content (AvgIpc) is 2.48. The van der Waals surface area contributed by atoms with Gasteiger partial charge in [-0.25, -0.2) is 15.0 Å². The standard InChI is InChI=1S/C14H18N4O/c19-9-6-11-4-1-2-8-18(11)14-12-5-3-7-15-13(12)16-10-17-14/h3,5,7,10-11,19H,1-2,4,6,8-9H2. The molecule has 0 aliphatic carbocycles. The first-order valence-electron chi connectivity index (χ1n) is 6.83. The molecule has 2 aromatic rings. The van der Waals surface area contributed by atoms with E-state index in [1.54, 1.807) is 12.5 Å². The maximum atomic E-state index is 9.22. The maximum Gasteiger partial charge on any atom is 0.164 e. The summed E-state index contributed by atoms with van der Waals surface area (Å²) < 4.78 is 0. The summed E-state index contributed by atoms with van der Waals surface area (Å²) in [4.78, 5) is 15.3. The summed E-state index contributed by atoms with van der Waals surface area (Å²) in [6.07, 6.45) is 7.64. The second kappa shape index (κ2) is 5.48. The van der Waals surface area contributed by atoms with Crippen LogP contribution in [0.3, 0.4) is 0 Å². The number of aliphatic hydroxyl groups excluding tert-OH is 1. The molecule has 1 fully saturated rings. The van der Waals surface area contributed by atoms with E-state index in [1.807, 2.05) is 12.1 Å². The van der Waals surface area contributed by atoms with E-state index < -0.39 is 0 Å². The fourth-order valence-electron chi connectivity index (χ4n) is 2.84. The molecule has 1 aliphatic rings. The highest BCUT2D eigenvalue weighted by Gasteiger charge is 2.24. The molecular weight excluding hydrogens is 240 g/mol. The summed E-state index contributed by atoms with van der Waals surface area (Å²) in [5.74, 6) is 0.955. The monoisotopic (exact) mass is 258 g/mol. The van der Waals surface area contributed by atoms with Crippen molar-refractivity contribution < 1.29 is 5.11 Å². The molecule has 1 saturated heterocycles. The van der Waals surface area contributed by atoms with Gasteiger partial charge in [-0.1, -0.05) is 0 Å². The van der Waals surface area contributed by atoms with Crippen molar-refractivity contribution in [2.75, 3.05) is 18.1 Å². The van der Waals surface area contributed by atoms with Crippen LogP contribution in [0.4, 0.5) is 5.82 Å². The van der Waals surface area contributed by atoms with Gasteiger partial charge in [0.25, 0.3) is 0 Å². The van der Waals surface area contributed by atoms with Crippen molar-refractivity contribution >= 4 is 16.9 Å². The number of aliphatic hydroxyl groups is 1. The number of hydrogen-bond acceptors (Lipinski definition) is 5. The lowest BCUT2D eigenvalue weighted by Crippen LogP contribution is -2.40. The van der Waals surface area contributed by atoms with Crippen LogP contribution in [0.25, 0.3) is 11.0 Å². The molecule has 5 heteroatoms. The Kier molecular flexibility index (Phi) is 3.55. The minimum Gasteiger partial charge on any atom is -0.396 e. The van der Waals surface area contributed by atoms with Crippen LogP contribution in [-0.2, 0) is 0 Å². The summed E-state index contributed by atoms with van der Waals surface area (Å²) >= 11 is 0. The number of pyridine rings is 1. The average molecular weight is 258 g/mol. The van der Waals surface area contributed by atoms with Crippen LogP contribution < -0.4 is 4.90 Å². The zero-order valence-corrected chi connectivity index (χ0v) is 10.9. The van der Waals surface area contributed by atoms with Crippen molar-refractivity contribution in [1.29, 1.82) is 0 Å². The summed E-state index contributed by atoms with van der Waals surface area (Å²) in [6.45, 7) is 1.22. The Morgan fingerprint density at radius 2 is 2.21 bits per heavy atom. The van der Waals surface area contributed by atoms with Crippen LogP contribution >= 0.6 is 0 Å². The molecule has 0 radical (unpaired) electrons. The number of fused-ring (bicyclic) bond motifs is 1. The van der Waals surface area contributed by atoms with Crippen LogP contribution in [0.15, 0.2) is 24.7 Å². The van der Waals surface area contributed by atoms with E-state index in [0.717, 1.165) is 36.2 Å². The third-order valence-corrected chi connectivity index (χ3v) is 3.75. The fourth-order valence-corrected chi connectivity index (χ4v) is 2.84. The van der Waals surface area contributed by atoms with Gasteiger partial charge in [0.1, 0.15) is 12.1 Å². The van der Waals surface area contributed by atoms with Crippen molar-refractivity contribution in [2.45, 2.75) is 31.7 Å².